The Morgan fingerprint density at radius 1 is 0.796 bits per heavy atom. The number of unbranched alkanes of at least 4 members (excludes halogenated alkanes) is 1. The number of aliphatic imine (C=N–C) groups is 1. The molecule has 10 nitrogen and oxygen atoms in total. The summed E-state index contributed by atoms with van der Waals surface area (Å²) in [6.45, 7) is 7.81. The van der Waals surface area contributed by atoms with E-state index in [1.807, 2.05) is 50.2 Å². The van der Waals surface area contributed by atoms with Crippen molar-refractivity contribution < 1.29 is 28.5 Å². The molecule has 0 atom stereocenters. The Balaban J connectivity index is 1.31. The second-order valence-electron chi connectivity index (χ2n) is 10.6. The molecule has 0 saturated heterocycles. The molecular formula is C39H36N4O6. The number of hydrogen-bond donors (Lipinski definition) is 0. The zero-order valence-electron chi connectivity index (χ0n) is 27.6. The fourth-order valence-corrected chi connectivity index (χ4v) is 4.30. The summed E-state index contributed by atoms with van der Waals surface area (Å²) in [5.41, 5.74) is 5.67. The van der Waals surface area contributed by atoms with Crippen LogP contribution < -0.4 is 14.2 Å². The number of nitrogens with zero attached hydrogens (tertiary/aromatic N) is 4. The zero-order chi connectivity index (χ0) is 35.0. The third-order valence-corrected chi connectivity index (χ3v) is 7.13. The number of ether oxygens (including phenoxy) is 4. The van der Waals surface area contributed by atoms with E-state index in [-0.39, 0.29) is 5.75 Å². The van der Waals surface area contributed by atoms with Crippen LogP contribution in [0.3, 0.4) is 0 Å². The number of carbonyl (C=O) groups is 2. The van der Waals surface area contributed by atoms with Gasteiger partial charge in [0.15, 0.2) is 11.5 Å². The first kappa shape index (κ1) is 35.5. The number of rotatable bonds is 15. The van der Waals surface area contributed by atoms with Gasteiger partial charge in [0.1, 0.15) is 5.75 Å². The molecule has 0 aliphatic carbocycles. The van der Waals surface area contributed by atoms with Crippen molar-refractivity contribution in [1.29, 1.82) is 5.26 Å². The van der Waals surface area contributed by atoms with Crippen molar-refractivity contribution >= 4 is 35.3 Å². The molecule has 0 aliphatic rings. The molecule has 4 aromatic rings. The summed E-state index contributed by atoms with van der Waals surface area (Å²) < 4.78 is 21.8. The van der Waals surface area contributed by atoms with Crippen LogP contribution in [0.25, 0.3) is 0 Å². The number of hydrogen-bond acceptors (Lipinski definition) is 10. The predicted molar refractivity (Wildman–Crippen MR) is 190 cm³/mol. The lowest BCUT2D eigenvalue weighted by Crippen LogP contribution is -2.10. The predicted octanol–water partition coefficient (Wildman–Crippen LogP) is 7.66. The Hall–Kier alpha value is -6.34. The standard InChI is InChI=1S/C39H36N4O6/c1-5-38(44)48-23-7-6-22-47-35-19-14-32(15-20-35)39(45)49-36-21-16-33(24-37(36)46-4)28(3)43-42-27(2)31-12-17-34(18-13-31)41-26-30-10-8-29(25-40)9-11-30/h5,8-21,24,26H,1,6-7,22-23H2,2-4H3/b41-26+,42-27+,43-28+. The highest BCUT2D eigenvalue weighted by atomic mass is 16.6. The lowest BCUT2D eigenvalue weighted by Gasteiger charge is -2.11. The first-order valence-electron chi connectivity index (χ1n) is 15.5. The van der Waals surface area contributed by atoms with Gasteiger partial charge in [0.25, 0.3) is 0 Å². The van der Waals surface area contributed by atoms with Crippen molar-refractivity contribution in [2.24, 2.45) is 15.2 Å². The molecule has 10 heteroatoms. The molecule has 0 heterocycles. The third kappa shape index (κ3) is 10.9. The number of methoxy groups -OCH3 is 1. The molecule has 49 heavy (non-hydrogen) atoms. The van der Waals surface area contributed by atoms with Gasteiger partial charge in [-0.25, -0.2) is 9.59 Å². The smallest absolute Gasteiger partial charge is 0.343 e. The van der Waals surface area contributed by atoms with Gasteiger partial charge in [-0.2, -0.15) is 15.5 Å². The Morgan fingerprint density at radius 3 is 2.08 bits per heavy atom. The van der Waals surface area contributed by atoms with E-state index < -0.39 is 11.9 Å². The number of esters is 2. The van der Waals surface area contributed by atoms with Gasteiger partial charge in [-0.3, -0.25) is 4.99 Å². The summed E-state index contributed by atoms with van der Waals surface area (Å²) >= 11 is 0. The van der Waals surface area contributed by atoms with Crippen molar-refractivity contribution in [3.63, 3.8) is 0 Å². The second kappa shape index (κ2) is 18.1. The first-order valence-corrected chi connectivity index (χ1v) is 15.5. The van der Waals surface area contributed by atoms with Gasteiger partial charge < -0.3 is 18.9 Å². The van der Waals surface area contributed by atoms with Gasteiger partial charge in [0.05, 0.1) is 54.6 Å². The maximum Gasteiger partial charge on any atom is 0.343 e. The topological polar surface area (TPSA) is 132 Å². The molecule has 0 amide bonds. The average Bonchev–Trinajstić information content (AvgIpc) is 3.14. The normalized spacial score (nSPS) is 11.5. The highest BCUT2D eigenvalue weighted by Gasteiger charge is 2.14. The molecule has 0 radical (unpaired) electrons. The summed E-state index contributed by atoms with van der Waals surface area (Å²) in [5.74, 6) is 0.260. The summed E-state index contributed by atoms with van der Waals surface area (Å²) in [4.78, 5) is 28.4. The summed E-state index contributed by atoms with van der Waals surface area (Å²) in [5, 5.41) is 17.8. The largest absolute Gasteiger partial charge is 0.494 e. The van der Waals surface area contributed by atoms with Crippen LogP contribution >= 0.6 is 0 Å². The highest BCUT2D eigenvalue weighted by Crippen LogP contribution is 2.29. The molecule has 0 saturated carbocycles. The van der Waals surface area contributed by atoms with E-state index in [1.54, 1.807) is 60.8 Å². The minimum atomic E-state index is -0.543. The number of carbonyl (C=O) groups excluding carboxylic acids is 2. The fraction of sp³-hybridized carbons (Fsp3) is 0.179. The van der Waals surface area contributed by atoms with E-state index in [0.29, 0.717) is 54.4 Å². The van der Waals surface area contributed by atoms with Crippen LogP contribution in [0.1, 0.15) is 59.3 Å². The maximum absolute atomic E-state index is 12.9. The minimum Gasteiger partial charge on any atom is -0.494 e. The van der Waals surface area contributed by atoms with Crippen molar-refractivity contribution in [2.75, 3.05) is 20.3 Å². The van der Waals surface area contributed by atoms with E-state index >= 15 is 0 Å². The van der Waals surface area contributed by atoms with Crippen molar-refractivity contribution in [2.45, 2.75) is 26.7 Å². The SMILES string of the molecule is C=CC(=O)OCCCCOc1ccc(C(=O)Oc2ccc(/C(C)=N/N=C(\C)c3ccc(/N=C/c4ccc(C#N)cc4)cc3)cc2OC)cc1. The van der Waals surface area contributed by atoms with Gasteiger partial charge in [0, 0.05) is 17.9 Å². The van der Waals surface area contributed by atoms with Crippen LogP contribution in [0.15, 0.2) is 119 Å². The first-order chi connectivity index (χ1) is 23.8. The third-order valence-electron chi connectivity index (χ3n) is 7.13. The molecule has 248 valence electrons. The van der Waals surface area contributed by atoms with Gasteiger partial charge in [-0.1, -0.05) is 30.8 Å². The summed E-state index contributed by atoms with van der Waals surface area (Å²) in [6, 6.07) is 28.8. The molecule has 0 fully saturated rings. The van der Waals surface area contributed by atoms with E-state index in [2.05, 4.69) is 27.8 Å². The van der Waals surface area contributed by atoms with E-state index in [0.717, 1.165) is 34.2 Å². The molecule has 0 spiro atoms. The van der Waals surface area contributed by atoms with Gasteiger partial charge in [-0.15, -0.1) is 0 Å². The Kier molecular flexibility index (Phi) is 13.1. The second-order valence-corrected chi connectivity index (χ2v) is 10.6. The van der Waals surface area contributed by atoms with Gasteiger partial charge in [0.2, 0.25) is 0 Å². The van der Waals surface area contributed by atoms with E-state index in [1.165, 1.54) is 7.11 Å². The fourth-order valence-electron chi connectivity index (χ4n) is 4.30. The molecule has 4 rings (SSSR count). The molecule has 0 aromatic heterocycles. The zero-order valence-corrected chi connectivity index (χ0v) is 27.6. The van der Waals surface area contributed by atoms with Crippen molar-refractivity contribution in [3.8, 4) is 23.3 Å². The Bertz CT molecular complexity index is 1890. The highest BCUT2D eigenvalue weighted by molar-refractivity contribution is 6.02. The number of nitriles is 1. The Morgan fingerprint density at radius 2 is 1.43 bits per heavy atom. The lowest BCUT2D eigenvalue weighted by molar-refractivity contribution is -0.137. The van der Waals surface area contributed by atoms with Crippen molar-refractivity contribution in [1.82, 2.24) is 0 Å². The van der Waals surface area contributed by atoms with Crippen molar-refractivity contribution in [3.05, 3.63) is 131 Å². The van der Waals surface area contributed by atoms with Crippen LogP contribution in [0.2, 0.25) is 0 Å². The summed E-state index contributed by atoms with van der Waals surface area (Å²) in [7, 11) is 1.50. The van der Waals surface area contributed by atoms with Crippen LogP contribution in [-0.2, 0) is 9.53 Å². The molecule has 0 unspecified atom stereocenters. The molecule has 0 aliphatic heterocycles. The van der Waals surface area contributed by atoms with Crippen LogP contribution in [-0.4, -0.2) is 49.9 Å². The van der Waals surface area contributed by atoms with Crippen LogP contribution in [0, 0.1) is 11.3 Å². The molecule has 0 N–H and O–H groups in total. The summed E-state index contributed by atoms with van der Waals surface area (Å²) in [6.07, 6.45) is 4.25. The molecule has 0 bridgehead atoms. The lowest BCUT2D eigenvalue weighted by atomic mass is 10.1. The Labute approximate surface area is 285 Å². The molecular weight excluding hydrogens is 620 g/mol. The van der Waals surface area contributed by atoms with E-state index in [9.17, 15) is 9.59 Å². The quantitative estimate of drug-likeness (QED) is 0.0320. The minimum absolute atomic E-state index is 0.267. The van der Waals surface area contributed by atoms with Crippen LogP contribution in [0.4, 0.5) is 5.69 Å². The monoisotopic (exact) mass is 656 g/mol. The van der Waals surface area contributed by atoms with Crippen LogP contribution in [0.5, 0.6) is 17.2 Å². The average molecular weight is 657 g/mol. The van der Waals surface area contributed by atoms with E-state index in [4.69, 9.17) is 24.2 Å². The number of benzene rings is 4. The van der Waals surface area contributed by atoms with Gasteiger partial charge >= 0.3 is 11.9 Å². The molecule has 4 aromatic carbocycles. The van der Waals surface area contributed by atoms with Gasteiger partial charge in [-0.05, 0) is 105 Å². The maximum atomic E-state index is 12.9.